The molecule has 0 radical (unpaired) electrons. The van der Waals surface area contributed by atoms with E-state index in [9.17, 15) is 13.2 Å². The first-order valence-corrected chi connectivity index (χ1v) is 5.06. The number of aromatic nitrogens is 1. The number of hydrogen-bond acceptors (Lipinski definition) is 4. The molecule has 2 heterocycles. The Hall–Kier alpha value is -2.18. The van der Waals surface area contributed by atoms with E-state index in [0.29, 0.717) is 12.3 Å². The largest absolute Gasteiger partial charge is 0.467 e. The van der Waals surface area contributed by atoms with E-state index in [1.807, 2.05) is 0 Å². The standard InChI is InChI=1S/C11H10F3N3O/c12-11(13,14)7-4-9(15)10(16-5-7)17-6-8-2-1-3-18-8/h1-5H,6,15H2,(H,16,17). The van der Waals surface area contributed by atoms with Gasteiger partial charge in [-0.25, -0.2) is 4.98 Å². The molecule has 0 fully saturated rings. The average Bonchev–Trinajstić information content (AvgIpc) is 2.79. The maximum Gasteiger partial charge on any atom is 0.417 e. The Labute approximate surface area is 101 Å². The third-order valence-corrected chi connectivity index (χ3v) is 2.25. The number of pyridine rings is 1. The van der Waals surface area contributed by atoms with Crippen molar-refractivity contribution >= 4 is 11.5 Å². The summed E-state index contributed by atoms with van der Waals surface area (Å²) in [4.78, 5) is 3.65. The van der Waals surface area contributed by atoms with Crippen LogP contribution in [0.2, 0.25) is 0 Å². The van der Waals surface area contributed by atoms with E-state index in [-0.39, 0.29) is 11.5 Å². The fraction of sp³-hybridized carbons (Fsp3) is 0.182. The summed E-state index contributed by atoms with van der Waals surface area (Å²) in [6, 6.07) is 4.28. The van der Waals surface area contributed by atoms with Crippen LogP contribution >= 0.6 is 0 Å². The molecule has 0 aromatic carbocycles. The quantitative estimate of drug-likeness (QED) is 0.887. The zero-order valence-corrected chi connectivity index (χ0v) is 9.16. The number of nitrogens with zero attached hydrogens (tertiary/aromatic N) is 1. The van der Waals surface area contributed by atoms with Crippen molar-refractivity contribution in [1.82, 2.24) is 4.98 Å². The highest BCUT2D eigenvalue weighted by molar-refractivity contribution is 5.62. The molecule has 2 aromatic heterocycles. The first-order chi connectivity index (χ1) is 8.47. The van der Waals surface area contributed by atoms with E-state index in [0.717, 1.165) is 12.3 Å². The lowest BCUT2D eigenvalue weighted by Gasteiger charge is -2.10. The van der Waals surface area contributed by atoms with E-state index in [1.165, 1.54) is 6.26 Å². The third-order valence-electron chi connectivity index (χ3n) is 2.25. The number of anilines is 2. The number of nitrogen functional groups attached to an aromatic ring is 1. The second-order valence-electron chi connectivity index (χ2n) is 3.59. The van der Waals surface area contributed by atoms with Crippen molar-refractivity contribution < 1.29 is 17.6 Å². The highest BCUT2D eigenvalue weighted by Gasteiger charge is 2.31. The lowest BCUT2D eigenvalue weighted by molar-refractivity contribution is -0.137. The Kier molecular flexibility index (Phi) is 3.14. The van der Waals surface area contributed by atoms with Crippen molar-refractivity contribution in [2.24, 2.45) is 0 Å². The van der Waals surface area contributed by atoms with Gasteiger partial charge in [0.1, 0.15) is 11.6 Å². The summed E-state index contributed by atoms with van der Waals surface area (Å²) < 4.78 is 42.2. The Balaban J connectivity index is 2.10. The van der Waals surface area contributed by atoms with Crippen LogP contribution in [-0.4, -0.2) is 4.98 Å². The van der Waals surface area contributed by atoms with Crippen LogP contribution in [0.3, 0.4) is 0 Å². The summed E-state index contributed by atoms with van der Waals surface area (Å²) in [6.45, 7) is 0.301. The molecular formula is C11H10F3N3O. The van der Waals surface area contributed by atoms with Crippen LogP contribution in [-0.2, 0) is 12.7 Å². The van der Waals surface area contributed by atoms with Crippen LogP contribution < -0.4 is 11.1 Å². The molecule has 0 aliphatic heterocycles. The smallest absolute Gasteiger partial charge is 0.417 e. The fourth-order valence-electron chi connectivity index (χ4n) is 1.37. The van der Waals surface area contributed by atoms with Crippen molar-refractivity contribution in [1.29, 1.82) is 0 Å². The van der Waals surface area contributed by atoms with E-state index in [4.69, 9.17) is 10.2 Å². The molecule has 18 heavy (non-hydrogen) atoms. The van der Waals surface area contributed by atoms with Crippen LogP contribution in [0.4, 0.5) is 24.7 Å². The third kappa shape index (κ3) is 2.73. The van der Waals surface area contributed by atoms with Crippen molar-refractivity contribution in [3.63, 3.8) is 0 Å². The monoisotopic (exact) mass is 257 g/mol. The molecule has 3 N–H and O–H groups in total. The molecule has 0 unspecified atom stereocenters. The van der Waals surface area contributed by atoms with Gasteiger partial charge >= 0.3 is 6.18 Å². The van der Waals surface area contributed by atoms with Gasteiger partial charge in [0.15, 0.2) is 0 Å². The molecule has 0 atom stereocenters. The summed E-state index contributed by atoms with van der Waals surface area (Å²) in [5.41, 5.74) is 4.57. The first kappa shape index (κ1) is 12.3. The lowest BCUT2D eigenvalue weighted by Crippen LogP contribution is -2.09. The molecule has 7 heteroatoms. The van der Waals surface area contributed by atoms with Crippen LogP contribution in [0, 0.1) is 0 Å². The molecular weight excluding hydrogens is 247 g/mol. The molecule has 2 aromatic rings. The highest BCUT2D eigenvalue weighted by atomic mass is 19.4. The van der Waals surface area contributed by atoms with Crippen molar-refractivity contribution in [3.8, 4) is 0 Å². The van der Waals surface area contributed by atoms with Crippen LogP contribution in [0.15, 0.2) is 35.1 Å². The van der Waals surface area contributed by atoms with Gasteiger partial charge in [-0.2, -0.15) is 13.2 Å². The summed E-state index contributed by atoms with van der Waals surface area (Å²) in [7, 11) is 0. The second-order valence-corrected chi connectivity index (χ2v) is 3.59. The molecule has 0 aliphatic carbocycles. The molecule has 96 valence electrons. The predicted molar refractivity (Wildman–Crippen MR) is 59.7 cm³/mol. The van der Waals surface area contributed by atoms with E-state index >= 15 is 0 Å². The van der Waals surface area contributed by atoms with Gasteiger partial charge in [-0.3, -0.25) is 0 Å². The summed E-state index contributed by atoms with van der Waals surface area (Å²) >= 11 is 0. The van der Waals surface area contributed by atoms with Gasteiger partial charge < -0.3 is 15.5 Å². The number of nitrogens with two attached hydrogens (primary N) is 1. The normalized spacial score (nSPS) is 11.5. The van der Waals surface area contributed by atoms with Crippen LogP contribution in [0.5, 0.6) is 0 Å². The molecule has 0 amide bonds. The van der Waals surface area contributed by atoms with Gasteiger partial charge in [-0.1, -0.05) is 0 Å². The van der Waals surface area contributed by atoms with Gasteiger partial charge in [-0.15, -0.1) is 0 Å². The molecule has 0 saturated heterocycles. The first-order valence-electron chi connectivity index (χ1n) is 5.06. The average molecular weight is 257 g/mol. The fourth-order valence-corrected chi connectivity index (χ4v) is 1.37. The molecule has 0 bridgehead atoms. The lowest BCUT2D eigenvalue weighted by atomic mass is 10.2. The zero-order valence-electron chi connectivity index (χ0n) is 9.16. The Morgan fingerprint density at radius 1 is 1.39 bits per heavy atom. The Bertz CT molecular complexity index is 523. The maximum absolute atomic E-state index is 12.4. The Morgan fingerprint density at radius 2 is 2.17 bits per heavy atom. The number of halogens is 3. The number of rotatable bonds is 3. The van der Waals surface area contributed by atoms with E-state index in [2.05, 4.69) is 10.3 Å². The number of hydrogen-bond donors (Lipinski definition) is 2. The van der Waals surface area contributed by atoms with Gasteiger partial charge in [-0.05, 0) is 18.2 Å². The van der Waals surface area contributed by atoms with Gasteiger partial charge in [0, 0.05) is 6.20 Å². The number of nitrogens with one attached hydrogen (secondary N) is 1. The van der Waals surface area contributed by atoms with Gasteiger partial charge in [0.2, 0.25) is 0 Å². The molecule has 0 spiro atoms. The van der Waals surface area contributed by atoms with Crippen molar-refractivity contribution in [2.75, 3.05) is 11.1 Å². The van der Waals surface area contributed by atoms with Crippen LogP contribution in [0.1, 0.15) is 11.3 Å². The minimum atomic E-state index is -4.44. The molecule has 4 nitrogen and oxygen atoms in total. The van der Waals surface area contributed by atoms with Crippen molar-refractivity contribution in [2.45, 2.75) is 12.7 Å². The summed E-state index contributed by atoms with van der Waals surface area (Å²) in [5, 5.41) is 2.80. The van der Waals surface area contributed by atoms with Gasteiger partial charge in [0.25, 0.3) is 0 Å². The SMILES string of the molecule is Nc1cc(C(F)(F)F)cnc1NCc1ccco1. The predicted octanol–water partition coefficient (Wildman–Crippen LogP) is 2.89. The molecule has 0 saturated carbocycles. The molecule has 0 aliphatic rings. The zero-order chi connectivity index (χ0) is 13.2. The number of alkyl halides is 3. The van der Waals surface area contributed by atoms with Crippen molar-refractivity contribution in [3.05, 3.63) is 42.0 Å². The van der Waals surface area contributed by atoms with Gasteiger partial charge in [0.05, 0.1) is 24.1 Å². The highest BCUT2D eigenvalue weighted by Crippen LogP contribution is 2.31. The Morgan fingerprint density at radius 3 is 2.72 bits per heavy atom. The minimum absolute atomic E-state index is 0.0589. The number of furan rings is 1. The second kappa shape index (κ2) is 4.59. The van der Waals surface area contributed by atoms with E-state index < -0.39 is 11.7 Å². The molecule has 2 rings (SSSR count). The minimum Gasteiger partial charge on any atom is -0.467 e. The topological polar surface area (TPSA) is 64.1 Å². The van der Waals surface area contributed by atoms with E-state index in [1.54, 1.807) is 12.1 Å². The maximum atomic E-state index is 12.4. The summed E-state index contributed by atoms with van der Waals surface area (Å²) in [6.07, 6.45) is -2.21. The summed E-state index contributed by atoms with van der Waals surface area (Å²) in [5.74, 6) is 0.829. The van der Waals surface area contributed by atoms with Crippen LogP contribution in [0.25, 0.3) is 0 Å².